The summed E-state index contributed by atoms with van der Waals surface area (Å²) in [7, 11) is -7.57. The van der Waals surface area contributed by atoms with E-state index in [1.54, 1.807) is 12.1 Å². The third-order valence-corrected chi connectivity index (χ3v) is 6.51. The van der Waals surface area contributed by atoms with Crippen molar-refractivity contribution in [1.29, 1.82) is 0 Å². The lowest BCUT2D eigenvalue weighted by atomic mass is 10.1. The summed E-state index contributed by atoms with van der Waals surface area (Å²) in [5, 5.41) is 0. The highest BCUT2D eigenvalue weighted by Gasteiger charge is 2.24. The Morgan fingerprint density at radius 2 is 1.74 bits per heavy atom. The molecule has 0 saturated heterocycles. The van der Waals surface area contributed by atoms with E-state index in [9.17, 15) is 17.9 Å². The van der Waals surface area contributed by atoms with Crippen molar-refractivity contribution in [2.75, 3.05) is 12.5 Å². The van der Waals surface area contributed by atoms with Crippen LogP contribution in [0, 0.1) is 12.8 Å². The van der Waals surface area contributed by atoms with Gasteiger partial charge in [-0.2, -0.15) is 8.42 Å². The molecule has 0 amide bonds. The topological polar surface area (TPSA) is 80.7 Å². The zero-order valence-electron chi connectivity index (χ0n) is 14.1. The summed E-state index contributed by atoms with van der Waals surface area (Å²) >= 11 is 0. The molecule has 5 nitrogen and oxygen atoms in total. The maximum absolute atomic E-state index is 12.0. The smallest absolute Gasteiger partial charge is 0.297 e. The van der Waals surface area contributed by atoms with Crippen LogP contribution in [-0.4, -0.2) is 25.8 Å². The van der Waals surface area contributed by atoms with Gasteiger partial charge in [-0.15, -0.1) is 0 Å². The first-order valence-electron chi connectivity index (χ1n) is 7.89. The highest BCUT2D eigenvalue weighted by Crippen LogP contribution is 2.42. The fourth-order valence-corrected chi connectivity index (χ4v) is 4.74. The second-order valence-electron chi connectivity index (χ2n) is 6.33. The van der Waals surface area contributed by atoms with E-state index in [0.29, 0.717) is 12.3 Å². The lowest BCUT2D eigenvalue weighted by Gasteiger charge is -2.12. The van der Waals surface area contributed by atoms with Crippen molar-refractivity contribution in [2.45, 2.75) is 51.3 Å². The molecule has 1 N–H and O–H groups in total. The lowest BCUT2D eigenvalue weighted by molar-refractivity contribution is 0.345. The van der Waals surface area contributed by atoms with Gasteiger partial charge in [0.15, 0.2) is 0 Å². The van der Waals surface area contributed by atoms with Gasteiger partial charge in [0, 0.05) is 6.16 Å². The van der Waals surface area contributed by atoms with Crippen LogP contribution < -0.4 is 0 Å². The van der Waals surface area contributed by atoms with Gasteiger partial charge in [0.25, 0.3) is 10.1 Å². The van der Waals surface area contributed by atoms with Gasteiger partial charge in [-0.3, -0.25) is 8.75 Å². The minimum atomic E-state index is -3.99. The summed E-state index contributed by atoms with van der Waals surface area (Å²) in [4.78, 5) is 9.84. The van der Waals surface area contributed by atoms with E-state index in [1.807, 2.05) is 6.92 Å². The predicted molar refractivity (Wildman–Crippen MR) is 92.3 cm³/mol. The van der Waals surface area contributed by atoms with Gasteiger partial charge in [-0.25, -0.2) is 0 Å². The van der Waals surface area contributed by atoms with Crippen LogP contribution in [0.5, 0.6) is 0 Å². The molecule has 0 aromatic heterocycles. The van der Waals surface area contributed by atoms with Crippen LogP contribution in [0.15, 0.2) is 29.2 Å². The van der Waals surface area contributed by atoms with Crippen LogP contribution in [0.1, 0.15) is 45.1 Å². The number of benzene rings is 1. The van der Waals surface area contributed by atoms with E-state index >= 15 is 0 Å². The molecule has 132 valence electrons. The first-order chi connectivity index (χ1) is 10.6. The fraction of sp³-hybridized carbons (Fsp3) is 0.625. The zero-order valence-corrected chi connectivity index (χ0v) is 15.8. The molecular weight excluding hydrogens is 335 g/mol. The van der Waals surface area contributed by atoms with Gasteiger partial charge < -0.3 is 4.89 Å². The van der Waals surface area contributed by atoms with Gasteiger partial charge in [-0.05, 0) is 31.4 Å². The molecule has 0 radical (unpaired) electrons. The summed E-state index contributed by atoms with van der Waals surface area (Å²) in [6.07, 6.45) is 3.01. The van der Waals surface area contributed by atoms with Crippen molar-refractivity contribution >= 4 is 17.5 Å². The molecule has 1 aromatic carbocycles. The summed E-state index contributed by atoms with van der Waals surface area (Å²) < 4.78 is 40.8. The molecule has 0 fully saturated rings. The van der Waals surface area contributed by atoms with E-state index in [1.165, 1.54) is 12.1 Å². The molecule has 7 heteroatoms. The summed E-state index contributed by atoms with van der Waals surface area (Å²) in [6, 6.07) is 6.17. The van der Waals surface area contributed by atoms with Gasteiger partial charge in [0.2, 0.25) is 7.37 Å². The molecule has 23 heavy (non-hydrogen) atoms. The van der Waals surface area contributed by atoms with Crippen molar-refractivity contribution in [3.63, 3.8) is 0 Å². The van der Waals surface area contributed by atoms with E-state index in [4.69, 9.17) is 4.18 Å². The number of hydrogen-bond donors (Lipinski definition) is 1. The maximum Gasteiger partial charge on any atom is 0.297 e. The van der Waals surface area contributed by atoms with Crippen LogP contribution in [0.25, 0.3) is 0 Å². The monoisotopic (exact) mass is 362 g/mol. The van der Waals surface area contributed by atoms with E-state index in [0.717, 1.165) is 24.8 Å². The van der Waals surface area contributed by atoms with Gasteiger partial charge in [-0.1, -0.05) is 50.8 Å². The molecule has 1 aromatic rings. The Hall–Kier alpha value is -0.680. The standard InChI is InChI=1S/C16H27O5PS/c1-14(2)7-5-4-6-12-22(17,18)13-21-23(19,20)16-10-8-15(3)9-11-16/h8-11,14H,4-7,12-13H2,1-3H3,(H,17,18). The van der Waals surface area contributed by atoms with Crippen LogP contribution >= 0.6 is 7.37 Å². The first-order valence-corrected chi connectivity index (χ1v) is 11.3. The largest absolute Gasteiger partial charge is 0.343 e. The SMILES string of the molecule is Cc1ccc(S(=O)(=O)OCP(=O)(O)CCCCCC(C)C)cc1. The Morgan fingerprint density at radius 1 is 1.13 bits per heavy atom. The predicted octanol–water partition coefficient (Wildman–Crippen LogP) is 4.14. The Kier molecular flexibility index (Phi) is 7.95. The Bertz CT molecular complexity index is 622. The molecule has 0 aliphatic carbocycles. The summed E-state index contributed by atoms with van der Waals surface area (Å²) in [6.45, 7) is 6.12. The van der Waals surface area contributed by atoms with Crippen molar-refractivity contribution in [3.8, 4) is 0 Å². The third kappa shape index (κ3) is 8.11. The molecular formula is C16H27O5PS. The quantitative estimate of drug-likeness (QED) is 0.384. The van der Waals surface area contributed by atoms with Crippen molar-refractivity contribution in [1.82, 2.24) is 0 Å². The van der Waals surface area contributed by atoms with E-state index < -0.39 is 23.8 Å². The average Bonchev–Trinajstić information content (AvgIpc) is 2.45. The highest BCUT2D eigenvalue weighted by molar-refractivity contribution is 7.87. The van der Waals surface area contributed by atoms with Crippen LogP contribution in [0.2, 0.25) is 0 Å². The van der Waals surface area contributed by atoms with Crippen LogP contribution in [0.4, 0.5) is 0 Å². The molecule has 0 aliphatic heterocycles. The maximum atomic E-state index is 12.0. The van der Waals surface area contributed by atoms with Crippen LogP contribution in [-0.2, 0) is 18.9 Å². The molecule has 0 spiro atoms. The third-order valence-electron chi connectivity index (χ3n) is 3.51. The molecule has 1 unspecified atom stereocenters. The lowest BCUT2D eigenvalue weighted by Crippen LogP contribution is -2.09. The minimum Gasteiger partial charge on any atom is -0.343 e. The second-order valence-corrected chi connectivity index (χ2v) is 10.3. The average molecular weight is 362 g/mol. The highest BCUT2D eigenvalue weighted by atomic mass is 32.2. The fourth-order valence-electron chi connectivity index (χ4n) is 2.08. The van der Waals surface area contributed by atoms with E-state index in [2.05, 4.69) is 13.8 Å². The number of rotatable bonds is 10. The normalized spacial score (nSPS) is 14.8. The number of unbranched alkanes of at least 4 members (excludes halogenated alkanes) is 2. The summed E-state index contributed by atoms with van der Waals surface area (Å²) in [5.41, 5.74) is 0.929. The molecule has 1 atom stereocenters. The second kappa shape index (κ2) is 8.97. The zero-order chi connectivity index (χ0) is 17.5. The van der Waals surface area contributed by atoms with Gasteiger partial charge in [0.1, 0.15) is 6.35 Å². The molecule has 0 saturated carbocycles. The number of hydrogen-bond acceptors (Lipinski definition) is 4. The molecule has 1 rings (SSSR count). The first kappa shape index (κ1) is 20.4. The Labute approximate surface area is 139 Å². The molecule has 0 aliphatic rings. The number of aryl methyl sites for hydroxylation is 1. The van der Waals surface area contributed by atoms with Crippen LogP contribution in [0.3, 0.4) is 0 Å². The minimum absolute atomic E-state index is 0.0000309. The van der Waals surface area contributed by atoms with Gasteiger partial charge >= 0.3 is 0 Å². The molecule has 0 heterocycles. The Morgan fingerprint density at radius 3 is 2.30 bits per heavy atom. The molecule has 0 bridgehead atoms. The Balaban J connectivity index is 2.45. The summed E-state index contributed by atoms with van der Waals surface area (Å²) in [5.74, 6) is 0.624. The van der Waals surface area contributed by atoms with Crippen molar-refractivity contribution in [2.24, 2.45) is 5.92 Å². The van der Waals surface area contributed by atoms with E-state index in [-0.39, 0.29) is 11.1 Å². The van der Waals surface area contributed by atoms with Crippen molar-refractivity contribution < 1.29 is 22.1 Å². The van der Waals surface area contributed by atoms with Gasteiger partial charge in [0.05, 0.1) is 4.90 Å². The van der Waals surface area contributed by atoms with Crippen molar-refractivity contribution in [3.05, 3.63) is 29.8 Å².